The number of thiazole rings is 1. The quantitative estimate of drug-likeness (QED) is 0.778. The molecule has 94 valence electrons. The summed E-state index contributed by atoms with van der Waals surface area (Å²) in [6.07, 6.45) is 0.754. The van der Waals surface area contributed by atoms with Crippen molar-refractivity contribution in [3.63, 3.8) is 0 Å². The summed E-state index contributed by atoms with van der Waals surface area (Å²) < 4.78 is 10.8. The molecule has 1 heterocycles. The second kappa shape index (κ2) is 5.64. The fourth-order valence-electron chi connectivity index (χ4n) is 1.56. The monoisotopic (exact) mass is 263 g/mol. The highest BCUT2D eigenvalue weighted by Crippen LogP contribution is 2.30. The molecule has 2 rings (SSSR count). The van der Waals surface area contributed by atoms with E-state index in [0.717, 1.165) is 17.0 Å². The summed E-state index contributed by atoms with van der Waals surface area (Å²) >= 11 is 1.57. The van der Waals surface area contributed by atoms with Crippen LogP contribution in [0.5, 0.6) is 11.5 Å². The van der Waals surface area contributed by atoms with Crippen molar-refractivity contribution in [2.75, 3.05) is 7.11 Å². The van der Waals surface area contributed by atoms with Crippen LogP contribution in [-0.2, 0) is 6.61 Å². The third kappa shape index (κ3) is 2.68. The fourth-order valence-corrected chi connectivity index (χ4v) is 2.16. The maximum Gasteiger partial charge on any atom is 0.172 e. The number of ether oxygens (including phenoxy) is 2. The van der Waals surface area contributed by atoms with E-state index in [9.17, 15) is 4.79 Å². The number of para-hydroxylation sites is 1. The first-order valence-electron chi connectivity index (χ1n) is 5.40. The number of carbonyl (C=O) groups is 1. The van der Waals surface area contributed by atoms with E-state index in [1.54, 1.807) is 36.6 Å². The molecule has 0 saturated heterocycles. The third-order valence-electron chi connectivity index (χ3n) is 2.39. The Balaban J connectivity index is 2.19. The zero-order valence-electron chi connectivity index (χ0n) is 10.2. The number of methoxy groups -OCH3 is 1. The van der Waals surface area contributed by atoms with Crippen LogP contribution in [0.25, 0.3) is 0 Å². The average molecular weight is 263 g/mol. The van der Waals surface area contributed by atoms with Gasteiger partial charge < -0.3 is 9.47 Å². The van der Waals surface area contributed by atoms with Crippen LogP contribution in [-0.4, -0.2) is 18.4 Å². The van der Waals surface area contributed by atoms with Gasteiger partial charge in [0.1, 0.15) is 6.61 Å². The van der Waals surface area contributed by atoms with Gasteiger partial charge in [0.15, 0.2) is 17.8 Å². The molecule has 0 N–H and O–H groups in total. The Labute approximate surface area is 109 Å². The lowest BCUT2D eigenvalue weighted by atomic mass is 10.2. The average Bonchev–Trinajstić information content (AvgIpc) is 2.81. The highest BCUT2D eigenvalue weighted by atomic mass is 32.1. The van der Waals surface area contributed by atoms with Crippen molar-refractivity contribution in [3.05, 3.63) is 39.8 Å². The van der Waals surface area contributed by atoms with Crippen LogP contribution in [0.3, 0.4) is 0 Å². The maximum absolute atomic E-state index is 11.0. The van der Waals surface area contributed by atoms with Crippen LogP contribution < -0.4 is 9.47 Å². The van der Waals surface area contributed by atoms with Gasteiger partial charge in [-0.25, -0.2) is 4.98 Å². The number of hydrogen-bond donors (Lipinski definition) is 0. The zero-order valence-corrected chi connectivity index (χ0v) is 11.0. The molecular formula is C13H13NO3S. The maximum atomic E-state index is 11.0. The Morgan fingerprint density at radius 1 is 1.44 bits per heavy atom. The van der Waals surface area contributed by atoms with Crippen molar-refractivity contribution in [2.24, 2.45) is 0 Å². The van der Waals surface area contributed by atoms with Gasteiger partial charge in [-0.15, -0.1) is 11.3 Å². The predicted molar refractivity (Wildman–Crippen MR) is 69.6 cm³/mol. The lowest BCUT2D eigenvalue weighted by molar-refractivity contribution is 0.111. The minimum Gasteiger partial charge on any atom is -0.493 e. The van der Waals surface area contributed by atoms with Crippen molar-refractivity contribution in [1.29, 1.82) is 0 Å². The Morgan fingerprint density at radius 3 is 2.89 bits per heavy atom. The van der Waals surface area contributed by atoms with Crippen LogP contribution in [0.4, 0.5) is 0 Å². The van der Waals surface area contributed by atoms with E-state index in [-0.39, 0.29) is 0 Å². The minimum absolute atomic E-state index is 0.325. The van der Waals surface area contributed by atoms with Crippen molar-refractivity contribution >= 4 is 17.6 Å². The Morgan fingerprint density at radius 2 is 2.28 bits per heavy atom. The number of hydrogen-bond acceptors (Lipinski definition) is 5. The first-order valence-corrected chi connectivity index (χ1v) is 6.28. The Bertz CT molecular complexity index is 551. The predicted octanol–water partition coefficient (Wildman–Crippen LogP) is 2.85. The summed E-state index contributed by atoms with van der Waals surface area (Å²) in [5.74, 6) is 1.01. The van der Waals surface area contributed by atoms with E-state index < -0.39 is 0 Å². The SMILES string of the molecule is COc1cccc(C=O)c1OCc1csc(C)n1. The molecule has 2 aromatic rings. The van der Waals surface area contributed by atoms with Gasteiger partial charge in [0.25, 0.3) is 0 Å². The Kier molecular flexibility index (Phi) is 3.94. The van der Waals surface area contributed by atoms with Crippen LogP contribution >= 0.6 is 11.3 Å². The topological polar surface area (TPSA) is 48.4 Å². The molecule has 0 unspecified atom stereocenters. The number of aldehydes is 1. The number of carbonyl (C=O) groups excluding carboxylic acids is 1. The summed E-state index contributed by atoms with van der Waals surface area (Å²) in [6.45, 7) is 2.26. The molecule has 0 aliphatic heterocycles. The normalized spacial score (nSPS) is 10.1. The van der Waals surface area contributed by atoms with E-state index in [2.05, 4.69) is 4.98 Å². The summed E-state index contributed by atoms with van der Waals surface area (Å²) in [4.78, 5) is 15.3. The summed E-state index contributed by atoms with van der Waals surface area (Å²) in [5.41, 5.74) is 1.32. The number of aryl methyl sites for hydroxylation is 1. The van der Waals surface area contributed by atoms with Crippen molar-refractivity contribution in [2.45, 2.75) is 13.5 Å². The largest absolute Gasteiger partial charge is 0.493 e. The standard InChI is InChI=1S/C13H13NO3S/c1-9-14-11(8-18-9)7-17-13-10(6-15)4-3-5-12(13)16-2/h3-6,8H,7H2,1-2H3. The molecule has 0 atom stereocenters. The molecule has 0 amide bonds. The second-order valence-corrected chi connectivity index (χ2v) is 4.71. The molecule has 4 nitrogen and oxygen atoms in total. The van der Waals surface area contributed by atoms with Gasteiger partial charge in [0.2, 0.25) is 0 Å². The summed E-state index contributed by atoms with van der Waals surface area (Å²) in [5, 5.41) is 2.93. The first kappa shape index (κ1) is 12.6. The number of nitrogens with zero attached hydrogens (tertiary/aromatic N) is 1. The van der Waals surface area contributed by atoms with Crippen molar-refractivity contribution in [1.82, 2.24) is 4.98 Å². The van der Waals surface area contributed by atoms with Crippen LogP contribution in [0, 0.1) is 6.92 Å². The molecule has 0 aliphatic carbocycles. The van der Waals surface area contributed by atoms with Gasteiger partial charge >= 0.3 is 0 Å². The van der Waals surface area contributed by atoms with E-state index in [4.69, 9.17) is 9.47 Å². The van der Waals surface area contributed by atoms with Gasteiger partial charge in [-0.3, -0.25) is 4.79 Å². The molecule has 0 aliphatic rings. The molecule has 0 saturated carbocycles. The molecule has 0 radical (unpaired) electrons. The lowest BCUT2D eigenvalue weighted by Gasteiger charge is -2.11. The van der Waals surface area contributed by atoms with Gasteiger partial charge in [0, 0.05) is 5.38 Å². The fraction of sp³-hybridized carbons (Fsp3) is 0.231. The van der Waals surface area contributed by atoms with Gasteiger partial charge in [0.05, 0.1) is 23.4 Å². The Hall–Kier alpha value is -1.88. The molecule has 18 heavy (non-hydrogen) atoms. The van der Waals surface area contributed by atoms with Crippen LogP contribution in [0.1, 0.15) is 21.1 Å². The molecule has 0 spiro atoms. The van der Waals surface area contributed by atoms with E-state index in [0.29, 0.717) is 23.7 Å². The van der Waals surface area contributed by atoms with E-state index in [1.165, 1.54) is 0 Å². The highest BCUT2D eigenvalue weighted by Gasteiger charge is 2.10. The van der Waals surface area contributed by atoms with Gasteiger partial charge in [-0.1, -0.05) is 6.07 Å². The smallest absolute Gasteiger partial charge is 0.172 e. The van der Waals surface area contributed by atoms with Gasteiger partial charge in [-0.2, -0.15) is 0 Å². The lowest BCUT2D eigenvalue weighted by Crippen LogP contribution is -2.01. The first-order chi connectivity index (χ1) is 8.74. The van der Waals surface area contributed by atoms with Crippen molar-refractivity contribution < 1.29 is 14.3 Å². The minimum atomic E-state index is 0.325. The molecular weight excluding hydrogens is 250 g/mol. The van der Waals surface area contributed by atoms with Crippen molar-refractivity contribution in [3.8, 4) is 11.5 Å². The molecule has 1 aromatic carbocycles. The molecule has 0 bridgehead atoms. The molecule has 0 fully saturated rings. The molecule has 1 aromatic heterocycles. The third-order valence-corrected chi connectivity index (χ3v) is 3.21. The van der Waals surface area contributed by atoms with Crippen LogP contribution in [0.15, 0.2) is 23.6 Å². The van der Waals surface area contributed by atoms with Gasteiger partial charge in [-0.05, 0) is 19.1 Å². The number of rotatable bonds is 5. The zero-order chi connectivity index (χ0) is 13.0. The number of aromatic nitrogens is 1. The van der Waals surface area contributed by atoms with Crippen LogP contribution in [0.2, 0.25) is 0 Å². The second-order valence-electron chi connectivity index (χ2n) is 3.64. The molecule has 5 heteroatoms. The van der Waals surface area contributed by atoms with E-state index >= 15 is 0 Å². The summed E-state index contributed by atoms with van der Waals surface area (Å²) in [7, 11) is 1.55. The number of benzene rings is 1. The highest BCUT2D eigenvalue weighted by molar-refractivity contribution is 7.09. The van der Waals surface area contributed by atoms with E-state index in [1.807, 2.05) is 12.3 Å². The summed E-state index contributed by atoms with van der Waals surface area (Å²) in [6, 6.07) is 5.20.